The molecule has 3 rings (SSSR count). The van der Waals surface area contributed by atoms with Gasteiger partial charge in [0, 0.05) is 25.9 Å². The number of halogens is 1. The second-order valence-electron chi connectivity index (χ2n) is 6.71. The van der Waals surface area contributed by atoms with Gasteiger partial charge in [-0.15, -0.1) is 0 Å². The fourth-order valence-electron chi connectivity index (χ4n) is 3.32. The van der Waals surface area contributed by atoms with Crippen LogP contribution in [-0.4, -0.2) is 47.7 Å². The summed E-state index contributed by atoms with van der Waals surface area (Å²) in [6.07, 6.45) is 0.998. The van der Waals surface area contributed by atoms with Crippen LogP contribution in [0.25, 0.3) is 0 Å². The summed E-state index contributed by atoms with van der Waals surface area (Å²) in [7, 11) is 0. The van der Waals surface area contributed by atoms with Crippen LogP contribution in [0.15, 0.2) is 24.3 Å². The van der Waals surface area contributed by atoms with Crippen molar-refractivity contribution in [1.82, 2.24) is 15.8 Å². The zero-order chi connectivity index (χ0) is 19.6. The maximum Gasteiger partial charge on any atom is 0.253 e. The summed E-state index contributed by atoms with van der Waals surface area (Å²) >= 11 is 0. The van der Waals surface area contributed by atoms with Gasteiger partial charge >= 0.3 is 0 Å². The Labute approximate surface area is 155 Å². The number of nitrogens with one attached hydrogen (secondary N) is 2. The number of hydrogen-bond donors (Lipinski definition) is 2. The summed E-state index contributed by atoms with van der Waals surface area (Å²) in [5, 5.41) is 0. The number of amides is 4. The minimum Gasteiger partial charge on any atom is -0.343 e. The number of carbonyl (C=O) groups excluding carboxylic acids is 4. The summed E-state index contributed by atoms with van der Waals surface area (Å²) in [6.45, 7) is 2.54. The minimum atomic E-state index is -0.871. The Hall–Kier alpha value is -2.81. The van der Waals surface area contributed by atoms with Gasteiger partial charge < -0.3 is 4.90 Å². The van der Waals surface area contributed by atoms with E-state index in [1.807, 2.05) is 0 Å². The molecule has 1 aromatic rings. The molecule has 2 heterocycles. The molecule has 27 heavy (non-hydrogen) atoms. The summed E-state index contributed by atoms with van der Waals surface area (Å²) in [5.74, 6) is -1.92. The lowest BCUT2D eigenvalue weighted by atomic mass is 9.96. The number of anilines is 1. The highest BCUT2D eigenvalue weighted by atomic mass is 19.1. The molecule has 144 valence electrons. The van der Waals surface area contributed by atoms with Crippen molar-refractivity contribution < 1.29 is 23.6 Å². The number of benzene rings is 1. The lowest BCUT2D eigenvalue weighted by Gasteiger charge is -2.30. The highest BCUT2D eigenvalue weighted by Gasteiger charge is 2.40. The summed E-state index contributed by atoms with van der Waals surface area (Å²) in [6, 6.07) is 4.19. The molecule has 8 nitrogen and oxygen atoms in total. The maximum atomic E-state index is 13.0. The Morgan fingerprint density at radius 3 is 2.33 bits per heavy atom. The van der Waals surface area contributed by atoms with E-state index in [4.69, 9.17) is 0 Å². The first-order valence-electron chi connectivity index (χ1n) is 8.80. The van der Waals surface area contributed by atoms with Gasteiger partial charge in [0.1, 0.15) is 11.9 Å². The number of hydrogen-bond acceptors (Lipinski definition) is 5. The fraction of sp³-hybridized carbons (Fsp3) is 0.444. The van der Waals surface area contributed by atoms with Gasteiger partial charge in [0.2, 0.25) is 17.7 Å². The van der Waals surface area contributed by atoms with Crippen molar-refractivity contribution in [3.05, 3.63) is 30.1 Å². The van der Waals surface area contributed by atoms with Gasteiger partial charge in [0.25, 0.3) is 5.91 Å². The van der Waals surface area contributed by atoms with Gasteiger partial charge in [0.15, 0.2) is 0 Å². The molecule has 0 unspecified atom stereocenters. The average molecular weight is 376 g/mol. The van der Waals surface area contributed by atoms with Crippen LogP contribution in [-0.2, 0) is 19.2 Å². The molecule has 2 aliphatic heterocycles. The van der Waals surface area contributed by atoms with Gasteiger partial charge in [-0.3, -0.25) is 24.6 Å². The molecule has 0 bridgehead atoms. The molecular weight excluding hydrogens is 355 g/mol. The number of carbonyl (C=O) groups is 4. The molecule has 9 heteroatoms. The van der Waals surface area contributed by atoms with E-state index in [-0.39, 0.29) is 24.2 Å². The largest absolute Gasteiger partial charge is 0.343 e. The Balaban J connectivity index is 1.53. The number of piperidine rings is 1. The van der Waals surface area contributed by atoms with E-state index >= 15 is 0 Å². The summed E-state index contributed by atoms with van der Waals surface area (Å²) < 4.78 is 13.0. The number of nitrogens with zero attached hydrogens (tertiary/aromatic N) is 2. The van der Waals surface area contributed by atoms with E-state index in [2.05, 4.69) is 10.9 Å². The van der Waals surface area contributed by atoms with Crippen LogP contribution < -0.4 is 15.8 Å². The lowest BCUT2D eigenvalue weighted by Crippen LogP contribution is -2.51. The molecule has 0 radical (unpaired) electrons. The van der Waals surface area contributed by atoms with Crippen LogP contribution in [0.5, 0.6) is 0 Å². The molecule has 2 fully saturated rings. The molecule has 2 N–H and O–H groups in total. The third kappa shape index (κ3) is 4.13. The number of likely N-dealkylation sites (tertiary alicyclic amines) is 1. The van der Waals surface area contributed by atoms with Gasteiger partial charge in [-0.2, -0.15) is 0 Å². The first kappa shape index (κ1) is 19.0. The lowest BCUT2D eigenvalue weighted by molar-refractivity contribution is -0.134. The Bertz CT molecular complexity index is 759. The van der Waals surface area contributed by atoms with E-state index in [0.717, 1.165) is 4.90 Å². The van der Waals surface area contributed by atoms with Crippen molar-refractivity contribution in [3.63, 3.8) is 0 Å². The van der Waals surface area contributed by atoms with Crippen LogP contribution in [0.3, 0.4) is 0 Å². The van der Waals surface area contributed by atoms with E-state index in [1.165, 1.54) is 31.2 Å². The zero-order valence-electron chi connectivity index (χ0n) is 14.9. The molecule has 0 aliphatic carbocycles. The van der Waals surface area contributed by atoms with Gasteiger partial charge in [-0.25, -0.2) is 14.7 Å². The molecule has 2 saturated heterocycles. The fourth-order valence-corrected chi connectivity index (χ4v) is 3.32. The number of rotatable bonds is 4. The molecule has 0 aromatic heterocycles. The van der Waals surface area contributed by atoms with Crippen molar-refractivity contribution >= 4 is 29.3 Å². The SMILES string of the molecule is CC(=O)N1CCC(C(=O)NN[C@H]2CC(=O)N(c3ccc(F)cc3)C2=O)CC1. The van der Waals surface area contributed by atoms with E-state index in [0.29, 0.717) is 31.6 Å². The minimum absolute atomic E-state index is 0.0112. The standard InChI is InChI=1S/C18H21FN4O4/c1-11(24)22-8-6-12(7-9-22)17(26)21-20-15-10-16(25)23(18(15)27)14-4-2-13(19)3-5-14/h2-5,12,15,20H,6-10H2,1H3,(H,21,26)/t15-/m0/s1. The second-order valence-corrected chi connectivity index (χ2v) is 6.71. The van der Waals surface area contributed by atoms with E-state index in [9.17, 15) is 23.6 Å². The van der Waals surface area contributed by atoms with Gasteiger partial charge in [-0.05, 0) is 37.1 Å². The third-order valence-electron chi connectivity index (χ3n) is 4.91. The smallest absolute Gasteiger partial charge is 0.253 e. The third-order valence-corrected chi connectivity index (χ3v) is 4.91. The van der Waals surface area contributed by atoms with Gasteiger partial charge in [0.05, 0.1) is 12.1 Å². The summed E-state index contributed by atoms with van der Waals surface area (Å²) in [5.41, 5.74) is 5.45. The van der Waals surface area contributed by atoms with Crippen molar-refractivity contribution in [2.75, 3.05) is 18.0 Å². The molecule has 2 aliphatic rings. The van der Waals surface area contributed by atoms with Crippen molar-refractivity contribution in [2.45, 2.75) is 32.2 Å². The predicted octanol–water partition coefficient (Wildman–Crippen LogP) is 0.337. The van der Waals surface area contributed by atoms with Crippen LogP contribution in [0.2, 0.25) is 0 Å². The zero-order valence-corrected chi connectivity index (χ0v) is 14.9. The normalized spacial score (nSPS) is 20.9. The quantitative estimate of drug-likeness (QED) is 0.583. The molecule has 0 spiro atoms. The van der Waals surface area contributed by atoms with Crippen molar-refractivity contribution in [1.29, 1.82) is 0 Å². The highest BCUT2D eigenvalue weighted by molar-refractivity contribution is 6.22. The van der Waals surface area contributed by atoms with E-state index < -0.39 is 23.7 Å². The number of imide groups is 1. The van der Waals surface area contributed by atoms with Crippen LogP contribution in [0.1, 0.15) is 26.2 Å². The highest BCUT2D eigenvalue weighted by Crippen LogP contribution is 2.23. The summed E-state index contributed by atoms with van der Waals surface area (Å²) in [4.78, 5) is 50.9. The maximum absolute atomic E-state index is 13.0. The Morgan fingerprint density at radius 2 is 1.74 bits per heavy atom. The average Bonchev–Trinajstić information content (AvgIpc) is 2.94. The van der Waals surface area contributed by atoms with E-state index in [1.54, 1.807) is 4.90 Å². The van der Waals surface area contributed by atoms with Crippen LogP contribution >= 0.6 is 0 Å². The topological polar surface area (TPSA) is 98.8 Å². The van der Waals surface area contributed by atoms with Crippen molar-refractivity contribution in [3.8, 4) is 0 Å². The first-order chi connectivity index (χ1) is 12.9. The number of hydrazine groups is 1. The van der Waals surface area contributed by atoms with Crippen LogP contribution in [0, 0.1) is 11.7 Å². The second kappa shape index (κ2) is 7.83. The Morgan fingerprint density at radius 1 is 1.11 bits per heavy atom. The van der Waals surface area contributed by atoms with Crippen molar-refractivity contribution in [2.24, 2.45) is 5.92 Å². The Kier molecular flexibility index (Phi) is 5.50. The van der Waals surface area contributed by atoms with Crippen LogP contribution in [0.4, 0.5) is 10.1 Å². The first-order valence-corrected chi connectivity index (χ1v) is 8.80. The molecule has 1 atom stereocenters. The monoisotopic (exact) mass is 376 g/mol. The van der Waals surface area contributed by atoms with Gasteiger partial charge in [-0.1, -0.05) is 0 Å². The molecule has 4 amide bonds. The molecule has 0 saturated carbocycles. The molecule has 1 aromatic carbocycles. The predicted molar refractivity (Wildman–Crippen MR) is 93.6 cm³/mol. The molecular formula is C18H21FN4O4.